The maximum absolute atomic E-state index is 13.2. The third-order valence-electron chi connectivity index (χ3n) is 3.09. The molecule has 0 radical (unpaired) electrons. The van der Waals surface area contributed by atoms with Crippen LogP contribution in [0, 0.1) is 5.92 Å². The molecule has 80 valence electrons. The van der Waals surface area contributed by atoms with Gasteiger partial charge in [-0.2, -0.15) is 0 Å². The number of hydrogen-bond donors (Lipinski definition) is 1. The monoisotopic (exact) mass is 205 g/mol. The Bertz CT molecular complexity index is 257. The first-order chi connectivity index (χ1) is 6.53. The zero-order valence-electron chi connectivity index (χ0n) is 7.93. The number of esters is 1. The van der Waals surface area contributed by atoms with Crippen molar-refractivity contribution in [1.82, 2.24) is 5.32 Å². The van der Waals surface area contributed by atoms with E-state index in [1.54, 1.807) is 0 Å². The van der Waals surface area contributed by atoms with Crippen molar-refractivity contribution >= 4 is 5.97 Å². The van der Waals surface area contributed by atoms with Gasteiger partial charge < -0.3 is 10.1 Å². The second kappa shape index (κ2) is 3.15. The third kappa shape index (κ3) is 1.49. The van der Waals surface area contributed by atoms with Crippen LogP contribution in [-0.2, 0) is 9.53 Å². The summed E-state index contributed by atoms with van der Waals surface area (Å²) in [7, 11) is 1.30. The van der Waals surface area contributed by atoms with Crippen LogP contribution in [-0.4, -0.2) is 31.1 Å². The van der Waals surface area contributed by atoms with E-state index in [1.165, 1.54) is 7.11 Å². The van der Waals surface area contributed by atoms with E-state index >= 15 is 0 Å². The lowest BCUT2D eigenvalue weighted by molar-refractivity contribution is -0.147. The fourth-order valence-electron chi connectivity index (χ4n) is 2.41. The first-order valence-corrected chi connectivity index (χ1v) is 4.74. The smallest absolute Gasteiger partial charge is 0.308 e. The summed E-state index contributed by atoms with van der Waals surface area (Å²) in [5.74, 6) is -3.38. The largest absolute Gasteiger partial charge is 0.469 e. The van der Waals surface area contributed by atoms with E-state index in [0.717, 1.165) is 0 Å². The number of carbonyl (C=O) groups excluding carboxylic acids is 1. The van der Waals surface area contributed by atoms with Gasteiger partial charge in [0.25, 0.3) is 5.92 Å². The van der Waals surface area contributed by atoms with E-state index in [-0.39, 0.29) is 30.8 Å². The molecule has 3 atom stereocenters. The van der Waals surface area contributed by atoms with E-state index in [0.29, 0.717) is 6.42 Å². The minimum absolute atomic E-state index is 0.148. The Morgan fingerprint density at radius 2 is 2.21 bits per heavy atom. The number of rotatable bonds is 1. The first-order valence-electron chi connectivity index (χ1n) is 4.74. The number of halogens is 2. The molecule has 0 amide bonds. The van der Waals surface area contributed by atoms with E-state index < -0.39 is 12.0 Å². The summed E-state index contributed by atoms with van der Waals surface area (Å²) >= 11 is 0. The third-order valence-corrected chi connectivity index (χ3v) is 3.09. The summed E-state index contributed by atoms with van der Waals surface area (Å²) < 4.78 is 31.0. The van der Waals surface area contributed by atoms with Crippen LogP contribution in [0.2, 0.25) is 0 Å². The Kier molecular flexibility index (Phi) is 2.21. The van der Waals surface area contributed by atoms with Crippen LogP contribution in [0.1, 0.15) is 19.3 Å². The Balaban J connectivity index is 2.07. The molecule has 0 aromatic rings. The van der Waals surface area contributed by atoms with Crippen LogP contribution in [0.25, 0.3) is 0 Å². The second-order valence-corrected chi connectivity index (χ2v) is 4.07. The molecule has 2 aliphatic rings. The Morgan fingerprint density at radius 3 is 2.79 bits per heavy atom. The zero-order valence-corrected chi connectivity index (χ0v) is 7.93. The van der Waals surface area contributed by atoms with Crippen molar-refractivity contribution in [2.24, 2.45) is 5.92 Å². The van der Waals surface area contributed by atoms with Crippen LogP contribution in [0.15, 0.2) is 0 Å². The van der Waals surface area contributed by atoms with E-state index in [2.05, 4.69) is 10.1 Å². The Hall–Kier alpha value is -0.710. The summed E-state index contributed by atoms with van der Waals surface area (Å²) in [4.78, 5) is 11.2. The molecule has 1 N–H and O–H groups in total. The van der Waals surface area contributed by atoms with E-state index in [1.807, 2.05) is 0 Å². The summed E-state index contributed by atoms with van der Waals surface area (Å²) in [5.41, 5.74) is 0. The van der Waals surface area contributed by atoms with Crippen molar-refractivity contribution in [3.05, 3.63) is 0 Å². The molecular weight excluding hydrogens is 192 g/mol. The average molecular weight is 205 g/mol. The number of carbonyl (C=O) groups is 1. The molecule has 2 saturated heterocycles. The van der Waals surface area contributed by atoms with Gasteiger partial charge in [-0.05, 0) is 12.8 Å². The maximum atomic E-state index is 13.2. The Morgan fingerprint density at radius 1 is 1.50 bits per heavy atom. The van der Waals surface area contributed by atoms with Gasteiger partial charge in [-0.1, -0.05) is 0 Å². The van der Waals surface area contributed by atoms with Gasteiger partial charge in [0, 0.05) is 12.5 Å². The number of nitrogens with one attached hydrogen (secondary N) is 1. The van der Waals surface area contributed by atoms with Crippen molar-refractivity contribution in [3.8, 4) is 0 Å². The summed E-state index contributed by atoms with van der Waals surface area (Å²) in [6.45, 7) is 0. The predicted molar refractivity (Wildman–Crippen MR) is 45.0 cm³/mol. The molecule has 0 aromatic heterocycles. The second-order valence-electron chi connectivity index (χ2n) is 4.07. The SMILES string of the molecule is COC(=O)C1CC2CC(F)(F)C(C1)N2. The first kappa shape index (κ1) is 9.83. The van der Waals surface area contributed by atoms with Gasteiger partial charge in [0.1, 0.15) is 0 Å². The van der Waals surface area contributed by atoms with Crippen molar-refractivity contribution in [2.45, 2.75) is 37.3 Å². The summed E-state index contributed by atoms with van der Waals surface area (Å²) in [6, 6.07) is -1.07. The van der Waals surface area contributed by atoms with Crippen LogP contribution in [0.5, 0.6) is 0 Å². The van der Waals surface area contributed by atoms with Gasteiger partial charge in [-0.25, -0.2) is 8.78 Å². The summed E-state index contributed by atoms with van der Waals surface area (Å²) in [6.07, 6.45) is 0.514. The molecule has 3 unspecified atom stereocenters. The number of alkyl halides is 2. The lowest BCUT2D eigenvalue weighted by Crippen LogP contribution is -2.44. The topological polar surface area (TPSA) is 38.3 Å². The Labute approximate surface area is 80.8 Å². The highest BCUT2D eigenvalue weighted by Crippen LogP contribution is 2.41. The van der Waals surface area contributed by atoms with Gasteiger partial charge in [-0.3, -0.25) is 4.79 Å². The highest BCUT2D eigenvalue weighted by atomic mass is 19.3. The van der Waals surface area contributed by atoms with Crippen molar-refractivity contribution < 1.29 is 18.3 Å². The van der Waals surface area contributed by atoms with Crippen molar-refractivity contribution in [2.75, 3.05) is 7.11 Å². The van der Waals surface area contributed by atoms with Gasteiger partial charge in [0.2, 0.25) is 0 Å². The minimum Gasteiger partial charge on any atom is -0.469 e. The fraction of sp³-hybridized carbons (Fsp3) is 0.889. The molecular formula is C9H13F2NO2. The van der Waals surface area contributed by atoms with E-state index in [4.69, 9.17) is 0 Å². The maximum Gasteiger partial charge on any atom is 0.308 e. The van der Waals surface area contributed by atoms with Crippen LogP contribution in [0.3, 0.4) is 0 Å². The van der Waals surface area contributed by atoms with Gasteiger partial charge in [-0.15, -0.1) is 0 Å². The molecule has 3 nitrogen and oxygen atoms in total. The molecule has 2 bridgehead atoms. The van der Waals surface area contributed by atoms with Crippen LogP contribution in [0.4, 0.5) is 8.78 Å². The van der Waals surface area contributed by atoms with Gasteiger partial charge in [0.15, 0.2) is 0 Å². The van der Waals surface area contributed by atoms with Crippen LogP contribution >= 0.6 is 0 Å². The molecule has 2 heterocycles. The molecule has 2 fully saturated rings. The quantitative estimate of drug-likeness (QED) is 0.647. The molecule has 0 aromatic carbocycles. The number of fused-ring (bicyclic) bond motifs is 2. The minimum atomic E-state index is -2.66. The molecule has 14 heavy (non-hydrogen) atoms. The standard InChI is InChI=1S/C9H13F2NO2/c1-14-8(13)5-2-6-4-9(10,11)7(3-5)12-6/h5-7,12H,2-4H2,1H3. The highest BCUT2D eigenvalue weighted by Gasteiger charge is 2.53. The molecule has 2 aliphatic heterocycles. The zero-order chi connectivity index (χ0) is 10.3. The lowest BCUT2D eigenvalue weighted by Gasteiger charge is -2.27. The predicted octanol–water partition coefficient (Wildman–Crippen LogP) is 0.935. The number of methoxy groups -OCH3 is 1. The number of ether oxygens (including phenoxy) is 1. The molecule has 0 spiro atoms. The van der Waals surface area contributed by atoms with Crippen molar-refractivity contribution in [3.63, 3.8) is 0 Å². The van der Waals surface area contributed by atoms with Crippen molar-refractivity contribution in [1.29, 1.82) is 0 Å². The molecule has 2 rings (SSSR count). The number of piperidine rings is 1. The molecule has 0 aliphatic carbocycles. The highest BCUT2D eigenvalue weighted by molar-refractivity contribution is 5.72. The van der Waals surface area contributed by atoms with Gasteiger partial charge in [0.05, 0.1) is 19.1 Å². The van der Waals surface area contributed by atoms with E-state index in [9.17, 15) is 13.6 Å². The molecule has 0 saturated carbocycles. The molecule has 5 heteroatoms. The average Bonchev–Trinajstić information content (AvgIpc) is 2.34. The lowest BCUT2D eigenvalue weighted by atomic mass is 9.92. The summed E-state index contributed by atoms with van der Waals surface area (Å²) in [5, 5.41) is 2.83. The normalized spacial score (nSPS) is 39.5. The van der Waals surface area contributed by atoms with Gasteiger partial charge >= 0.3 is 5.97 Å². The fourth-order valence-corrected chi connectivity index (χ4v) is 2.41. The number of hydrogen-bond acceptors (Lipinski definition) is 3. The van der Waals surface area contributed by atoms with Crippen LogP contribution < -0.4 is 5.32 Å².